The molecule has 0 aliphatic carbocycles. The fourth-order valence-corrected chi connectivity index (χ4v) is 4.04. The van der Waals surface area contributed by atoms with Crippen LogP contribution in [-0.2, 0) is 4.79 Å². The molecule has 0 saturated carbocycles. The highest BCUT2D eigenvalue weighted by atomic mass is 35.5. The first-order valence-corrected chi connectivity index (χ1v) is 11.3. The number of carbonyl (C=O) groups excluding carboxylic acids is 1. The molecule has 5 rings (SSSR count). The highest BCUT2D eigenvalue weighted by molar-refractivity contribution is 6.33. The van der Waals surface area contributed by atoms with Crippen molar-refractivity contribution in [3.05, 3.63) is 60.0 Å². The van der Waals surface area contributed by atoms with E-state index in [1.165, 1.54) is 6.92 Å². The third-order valence-corrected chi connectivity index (χ3v) is 5.94. The third-order valence-electron chi connectivity index (χ3n) is 5.67. The van der Waals surface area contributed by atoms with Gasteiger partial charge in [0.05, 0.1) is 54.5 Å². The molecule has 0 radical (unpaired) electrons. The summed E-state index contributed by atoms with van der Waals surface area (Å²) in [5, 5.41) is 17.3. The summed E-state index contributed by atoms with van der Waals surface area (Å²) in [4.78, 5) is 22.3. The van der Waals surface area contributed by atoms with Crippen LogP contribution in [-0.4, -0.2) is 67.9 Å². The summed E-state index contributed by atoms with van der Waals surface area (Å²) in [5.41, 5.74) is 2.88. The van der Waals surface area contributed by atoms with Crippen LogP contribution < -0.4 is 14.8 Å². The molecular formula is C24H23ClN6O4. The van der Waals surface area contributed by atoms with Crippen molar-refractivity contribution in [2.24, 2.45) is 0 Å². The molecule has 0 unspecified atom stereocenters. The average molecular weight is 495 g/mol. The first-order valence-electron chi connectivity index (χ1n) is 11.0. The van der Waals surface area contributed by atoms with Gasteiger partial charge in [-0.15, -0.1) is 0 Å². The van der Waals surface area contributed by atoms with Gasteiger partial charge in [0.25, 0.3) is 5.91 Å². The zero-order valence-corrected chi connectivity index (χ0v) is 19.8. The Morgan fingerprint density at radius 3 is 2.86 bits per heavy atom. The molecule has 10 nitrogen and oxygen atoms in total. The number of fused-ring (bicyclic) bond motifs is 1. The summed E-state index contributed by atoms with van der Waals surface area (Å²) in [6, 6.07) is 11.1. The standard InChI is InChI=1S/C24H23ClN6O4/c1-14(32)23(33)30-12-16(13-30)35-15-6-7-19(21(9-15)34-2)28-24-26-11-18(25)22(29-24)17-10-27-31-8-4-3-5-20(17)31/h3-11,14,16,32H,12-13H2,1-2H3,(H,26,28,29)/t14-/m1/s1. The number of hydrogen-bond donors (Lipinski definition) is 2. The van der Waals surface area contributed by atoms with Crippen molar-refractivity contribution >= 4 is 34.7 Å². The van der Waals surface area contributed by atoms with Gasteiger partial charge in [0.1, 0.15) is 23.7 Å². The van der Waals surface area contributed by atoms with E-state index in [1.807, 2.05) is 24.4 Å². The van der Waals surface area contributed by atoms with Gasteiger partial charge in [-0.05, 0) is 31.2 Å². The number of methoxy groups -OCH3 is 1. The lowest BCUT2D eigenvalue weighted by Crippen LogP contribution is -2.58. The van der Waals surface area contributed by atoms with Crippen molar-refractivity contribution < 1.29 is 19.4 Å². The predicted molar refractivity (Wildman–Crippen MR) is 130 cm³/mol. The van der Waals surface area contributed by atoms with Crippen LogP contribution >= 0.6 is 11.6 Å². The van der Waals surface area contributed by atoms with E-state index in [-0.39, 0.29) is 12.0 Å². The number of aliphatic hydroxyl groups is 1. The molecule has 1 aliphatic heterocycles. The minimum atomic E-state index is -1.01. The molecule has 11 heteroatoms. The molecule has 1 amide bonds. The van der Waals surface area contributed by atoms with Crippen LogP contribution in [0.3, 0.4) is 0 Å². The van der Waals surface area contributed by atoms with Crippen LogP contribution in [0.4, 0.5) is 11.6 Å². The lowest BCUT2D eigenvalue weighted by atomic mass is 10.1. The van der Waals surface area contributed by atoms with Crippen molar-refractivity contribution in [2.45, 2.75) is 19.1 Å². The topological polar surface area (TPSA) is 114 Å². The molecule has 0 spiro atoms. The molecule has 180 valence electrons. The molecule has 4 heterocycles. The number of aliphatic hydroxyl groups excluding tert-OH is 1. The van der Waals surface area contributed by atoms with E-state index in [4.69, 9.17) is 21.1 Å². The molecule has 4 aromatic rings. The Balaban J connectivity index is 1.32. The Morgan fingerprint density at radius 2 is 2.09 bits per heavy atom. The average Bonchev–Trinajstić information content (AvgIpc) is 3.26. The second-order valence-electron chi connectivity index (χ2n) is 8.12. The van der Waals surface area contributed by atoms with Gasteiger partial charge in [0, 0.05) is 17.8 Å². The normalized spacial score (nSPS) is 14.5. The van der Waals surface area contributed by atoms with Crippen molar-refractivity contribution in [1.82, 2.24) is 24.5 Å². The van der Waals surface area contributed by atoms with E-state index < -0.39 is 6.10 Å². The number of halogens is 1. The summed E-state index contributed by atoms with van der Waals surface area (Å²) in [5.74, 6) is 1.19. The van der Waals surface area contributed by atoms with Crippen molar-refractivity contribution in [2.75, 3.05) is 25.5 Å². The van der Waals surface area contributed by atoms with E-state index in [0.717, 1.165) is 11.1 Å². The van der Waals surface area contributed by atoms with E-state index in [1.54, 1.807) is 47.1 Å². The second kappa shape index (κ2) is 9.40. The van der Waals surface area contributed by atoms with Crippen molar-refractivity contribution in [3.8, 4) is 22.8 Å². The maximum absolute atomic E-state index is 11.8. The van der Waals surface area contributed by atoms with Gasteiger partial charge in [-0.2, -0.15) is 5.10 Å². The first kappa shape index (κ1) is 22.9. The summed E-state index contributed by atoms with van der Waals surface area (Å²) in [6.45, 7) is 2.31. The lowest BCUT2D eigenvalue weighted by molar-refractivity contribution is -0.148. The lowest BCUT2D eigenvalue weighted by Gasteiger charge is -2.39. The van der Waals surface area contributed by atoms with E-state index >= 15 is 0 Å². The quantitative estimate of drug-likeness (QED) is 0.402. The summed E-state index contributed by atoms with van der Waals surface area (Å²) in [6.07, 6.45) is 3.96. The Morgan fingerprint density at radius 1 is 1.26 bits per heavy atom. The highest BCUT2D eigenvalue weighted by Crippen LogP contribution is 2.34. The molecule has 1 atom stereocenters. The number of aromatic nitrogens is 4. The zero-order valence-electron chi connectivity index (χ0n) is 19.1. The molecular weight excluding hydrogens is 472 g/mol. The number of anilines is 2. The summed E-state index contributed by atoms with van der Waals surface area (Å²) >= 11 is 6.42. The molecule has 3 aromatic heterocycles. The van der Waals surface area contributed by atoms with Gasteiger partial charge < -0.3 is 24.8 Å². The number of rotatable bonds is 7. The number of ether oxygens (including phenoxy) is 2. The number of pyridine rings is 1. The van der Waals surface area contributed by atoms with Crippen molar-refractivity contribution in [3.63, 3.8) is 0 Å². The van der Waals surface area contributed by atoms with Gasteiger partial charge >= 0.3 is 0 Å². The minimum Gasteiger partial charge on any atom is -0.494 e. The maximum atomic E-state index is 11.8. The van der Waals surface area contributed by atoms with Gasteiger partial charge in [0.15, 0.2) is 0 Å². The fourth-order valence-electron chi connectivity index (χ4n) is 3.85. The molecule has 1 saturated heterocycles. The number of nitrogens with one attached hydrogen (secondary N) is 1. The second-order valence-corrected chi connectivity index (χ2v) is 8.53. The van der Waals surface area contributed by atoms with E-state index in [2.05, 4.69) is 20.4 Å². The molecule has 0 bridgehead atoms. The fraction of sp³-hybridized carbons (Fsp3) is 0.250. The van der Waals surface area contributed by atoms with Gasteiger partial charge in [-0.25, -0.2) is 14.5 Å². The van der Waals surface area contributed by atoms with Crippen LogP contribution in [0, 0.1) is 0 Å². The van der Waals surface area contributed by atoms with Gasteiger partial charge in [-0.3, -0.25) is 4.79 Å². The minimum absolute atomic E-state index is 0.144. The highest BCUT2D eigenvalue weighted by Gasteiger charge is 2.34. The monoisotopic (exact) mass is 494 g/mol. The van der Waals surface area contributed by atoms with Crippen LogP contribution in [0.2, 0.25) is 5.02 Å². The summed E-state index contributed by atoms with van der Waals surface area (Å²) < 4.78 is 13.2. The predicted octanol–water partition coefficient (Wildman–Crippen LogP) is 3.17. The van der Waals surface area contributed by atoms with Crippen LogP contribution in [0.1, 0.15) is 6.92 Å². The number of carbonyl (C=O) groups is 1. The largest absolute Gasteiger partial charge is 0.494 e. The smallest absolute Gasteiger partial charge is 0.251 e. The molecule has 1 aliphatic rings. The number of amides is 1. The number of hydrogen-bond acceptors (Lipinski definition) is 8. The summed E-state index contributed by atoms with van der Waals surface area (Å²) in [7, 11) is 1.56. The van der Waals surface area contributed by atoms with Gasteiger partial charge in [0.2, 0.25) is 5.95 Å². The van der Waals surface area contributed by atoms with Gasteiger partial charge in [-0.1, -0.05) is 17.7 Å². The third kappa shape index (κ3) is 4.58. The van der Waals surface area contributed by atoms with Crippen LogP contribution in [0.5, 0.6) is 11.5 Å². The number of benzene rings is 1. The molecule has 35 heavy (non-hydrogen) atoms. The SMILES string of the molecule is COc1cc(OC2CN(C(=O)[C@@H](C)O)C2)ccc1Nc1ncc(Cl)c(-c2cnn3ccccc23)n1. The van der Waals surface area contributed by atoms with E-state index in [9.17, 15) is 9.90 Å². The van der Waals surface area contributed by atoms with Crippen molar-refractivity contribution in [1.29, 1.82) is 0 Å². The van der Waals surface area contributed by atoms with Crippen LogP contribution in [0.15, 0.2) is 55.0 Å². The van der Waals surface area contributed by atoms with E-state index in [0.29, 0.717) is 46.9 Å². The van der Waals surface area contributed by atoms with Crippen LogP contribution in [0.25, 0.3) is 16.8 Å². The Kier molecular flexibility index (Phi) is 6.14. The zero-order chi connectivity index (χ0) is 24.5. The maximum Gasteiger partial charge on any atom is 0.251 e. The molecule has 2 N–H and O–H groups in total. The Bertz CT molecular complexity index is 1390. The Labute approximate surface area is 206 Å². The Hall–Kier alpha value is -3.89. The number of likely N-dealkylation sites (tertiary alicyclic amines) is 1. The molecule has 1 aromatic carbocycles. The molecule has 1 fully saturated rings. The number of nitrogens with zero attached hydrogens (tertiary/aromatic N) is 5. The first-order chi connectivity index (χ1) is 16.9.